The van der Waals surface area contributed by atoms with Gasteiger partial charge in [0.25, 0.3) is 0 Å². The van der Waals surface area contributed by atoms with Crippen molar-refractivity contribution in [2.24, 2.45) is 5.73 Å². The normalized spacial score (nSPS) is 17.8. The molecule has 1 saturated heterocycles. The van der Waals surface area contributed by atoms with Crippen LogP contribution in [0.5, 0.6) is 0 Å². The summed E-state index contributed by atoms with van der Waals surface area (Å²) in [5, 5.41) is 0. The molecule has 2 N–H and O–H groups in total. The molecule has 0 unspecified atom stereocenters. The number of halogens is 3. The first-order valence-electron chi connectivity index (χ1n) is 7.35. The summed E-state index contributed by atoms with van der Waals surface area (Å²) in [6.45, 7) is 5.37. The number of hydrogen-bond acceptors (Lipinski definition) is 3. The van der Waals surface area contributed by atoms with Gasteiger partial charge in [-0.25, -0.2) is 0 Å². The Labute approximate surface area is 123 Å². The van der Waals surface area contributed by atoms with Crippen LogP contribution in [-0.4, -0.2) is 44.2 Å². The van der Waals surface area contributed by atoms with E-state index in [4.69, 9.17) is 5.73 Å². The van der Waals surface area contributed by atoms with Crippen LogP contribution in [0, 0.1) is 0 Å². The van der Waals surface area contributed by atoms with Gasteiger partial charge in [0, 0.05) is 25.3 Å². The summed E-state index contributed by atoms with van der Waals surface area (Å²) in [5.41, 5.74) is 5.80. The summed E-state index contributed by atoms with van der Waals surface area (Å²) in [4.78, 5) is 4.53. The van der Waals surface area contributed by atoms with Crippen LogP contribution in [0.1, 0.15) is 18.4 Å². The summed E-state index contributed by atoms with van der Waals surface area (Å²) in [6.07, 6.45) is -2.26. The Morgan fingerprint density at radius 2 is 1.71 bits per heavy atom. The Hall–Kier alpha value is -1.27. The molecule has 0 aliphatic carbocycles. The van der Waals surface area contributed by atoms with Gasteiger partial charge in [-0.05, 0) is 56.7 Å². The molecule has 1 aliphatic rings. The minimum Gasteiger partial charge on any atom is -0.370 e. The molecule has 6 heteroatoms. The van der Waals surface area contributed by atoms with Crippen molar-refractivity contribution in [3.05, 3.63) is 29.8 Å². The third-order valence-electron chi connectivity index (χ3n) is 3.83. The van der Waals surface area contributed by atoms with E-state index in [0.717, 1.165) is 63.4 Å². The Bertz CT molecular complexity index is 431. The number of anilines is 1. The highest BCUT2D eigenvalue weighted by molar-refractivity contribution is 5.48. The Morgan fingerprint density at radius 1 is 1.00 bits per heavy atom. The standard InChI is InChI=1S/C15H22F3N3/c16-15(17,18)13-3-5-14(6-4-13)21-10-2-9-20(11-12-21)8-1-7-19/h3-6H,1-2,7-12,19H2. The van der Waals surface area contributed by atoms with Crippen LogP contribution in [-0.2, 0) is 6.18 Å². The second-order valence-corrected chi connectivity index (χ2v) is 5.37. The number of nitrogens with two attached hydrogens (primary N) is 1. The first-order valence-corrected chi connectivity index (χ1v) is 7.35. The van der Waals surface area contributed by atoms with Crippen molar-refractivity contribution in [1.82, 2.24) is 4.90 Å². The molecule has 0 atom stereocenters. The van der Waals surface area contributed by atoms with Gasteiger partial charge in [-0.2, -0.15) is 13.2 Å². The number of benzene rings is 1. The lowest BCUT2D eigenvalue weighted by Gasteiger charge is -2.24. The average molecular weight is 301 g/mol. The second kappa shape index (κ2) is 7.13. The highest BCUT2D eigenvalue weighted by Gasteiger charge is 2.30. The van der Waals surface area contributed by atoms with Crippen molar-refractivity contribution >= 4 is 5.69 Å². The van der Waals surface area contributed by atoms with Gasteiger partial charge in [-0.3, -0.25) is 0 Å². The van der Waals surface area contributed by atoms with Crippen molar-refractivity contribution in [1.29, 1.82) is 0 Å². The molecular weight excluding hydrogens is 279 g/mol. The van der Waals surface area contributed by atoms with Crippen molar-refractivity contribution in [3.8, 4) is 0 Å². The third kappa shape index (κ3) is 4.61. The average Bonchev–Trinajstić information content (AvgIpc) is 2.70. The summed E-state index contributed by atoms with van der Waals surface area (Å²) in [5.74, 6) is 0. The first-order chi connectivity index (χ1) is 10.0. The molecule has 2 rings (SSSR count). The van der Waals surface area contributed by atoms with Crippen molar-refractivity contribution < 1.29 is 13.2 Å². The zero-order chi connectivity index (χ0) is 15.3. The van der Waals surface area contributed by atoms with Crippen LogP contribution < -0.4 is 10.6 Å². The molecule has 118 valence electrons. The van der Waals surface area contributed by atoms with E-state index in [9.17, 15) is 13.2 Å². The predicted molar refractivity (Wildman–Crippen MR) is 78.4 cm³/mol. The van der Waals surface area contributed by atoms with Gasteiger partial charge >= 0.3 is 6.18 Å². The van der Waals surface area contributed by atoms with E-state index < -0.39 is 11.7 Å². The third-order valence-corrected chi connectivity index (χ3v) is 3.83. The van der Waals surface area contributed by atoms with E-state index in [1.165, 1.54) is 0 Å². The maximum absolute atomic E-state index is 12.6. The van der Waals surface area contributed by atoms with Crippen molar-refractivity contribution in [2.75, 3.05) is 44.2 Å². The zero-order valence-electron chi connectivity index (χ0n) is 12.1. The lowest BCUT2D eigenvalue weighted by molar-refractivity contribution is -0.137. The van der Waals surface area contributed by atoms with E-state index in [-0.39, 0.29) is 0 Å². The molecule has 1 aliphatic heterocycles. The van der Waals surface area contributed by atoms with Crippen molar-refractivity contribution in [3.63, 3.8) is 0 Å². The number of hydrogen-bond donors (Lipinski definition) is 1. The topological polar surface area (TPSA) is 32.5 Å². The van der Waals surface area contributed by atoms with Gasteiger partial charge in [0.05, 0.1) is 5.56 Å². The molecule has 0 bridgehead atoms. The fourth-order valence-corrected chi connectivity index (χ4v) is 2.63. The molecule has 0 spiro atoms. The summed E-state index contributed by atoms with van der Waals surface area (Å²) in [7, 11) is 0. The molecular formula is C15H22F3N3. The lowest BCUT2D eigenvalue weighted by Crippen LogP contribution is -2.32. The van der Waals surface area contributed by atoms with E-state index in [2.05, 4.69) is 9.80 Å². The fourth-order valence-electron chi connectivity index (χ4n) is 2.63. The predicted octanol–water partition coefficient (Wildman–Crippen LogP) is 2.57. The summed E-state index contributed by atoms with van der Waals surface area (Å²) < 4.78 is 37.7. The Morgan fingerprint density at radius 3 is 2.33 bits per heavy atom. The maximum atomic E-state index is 12.6. The second-order valence-electron chi connectivity index (χ2n) is 5.37. The van der Waals surface area contributed by atoms with Gasteiger partial charge in [-0.15, -0.1) is 0 Å². The molecule has 3 nitrogen and oxygen atoms in total. The lowest BCUT2D eigenvalue weighted by atomic mass is 10.2. The molecule has 0 saturated carbocycles. The highest BCUT2D eigenvalue weighted by Crippen LogP contribution is 2.30. The van der Waals surface area contributed by atoms with Crippen LogP contribution in [0.3, 0.4) is 0 Å². The summed E-state index contributed by atoms with van der Waals surface area (Å²) in [6, 6.07) is 5.45. The van der Waals surface area contributed by atoms with Crippen LogP contribution in [0.25, 0.3) is 0 Å². The highest BCUT2D eigenvalue weighted by atomic mass is 19.4. The van der Waals surface area contributed by atoms with E-state index >= 15 is 0 Å². The number of nitrogens with zero attached hydrogens (tertiary/aromatic N) is 2. The SMILES string of the molecule is NCCCN1CCCN(c2ccc(C(F)(F)F)cc2)CC1. The number of alkyl halides is 3. The smallest absolute Gasteiger partial charge is 0.370 e. The van der Waals surface area contributed by atoms with Gasteiger partial charge in [0.2, 0.25) is 0 Å². The largest absolute Gasteiger partial charge is 0.416 e. The van der Waals surface area contributed by atoms with E-state index in [0.29, 0.717) is 6.54 Å². The maximum Gasteiger partial charge on any atom is 0.416 e. The monoisotopic (exact) mass is 301 g/mol. The van der Waals surface area contributed by atoms with Crippen LogP contribution in [0.15, 0.2) is 24.3 Å². The molecule has 1 aromatic carbocycles. The van der Waals surface area contributed by atoms with Crippen LogP contribution in [0.2, 0.25) is 0 Å². The molecule has 1 heterocycles. The molecule has 0 aromatic heterocycles. The van der Waals surface area contributed by atoms with E-state index in [1.807, 2.05) is 0 Å². The molecule has 0 radical (unpaired) electrons. The molecule has 21 heavy (non-hydrogen) atoms. The van der Waals surface area contributed by atoms with Gasteiger partial charge in [-0.1, -0.05) is 0 Å². The van der Waals surface area contributed by atoms with Crippen LogP contribution in [0.4, 0.5) is 18.9 Å². The van der Waals surface area contributed by atoms with E-state index in [1.54, 1.807) is 12.1 Å². The van der Waals surface area contributed by atoms with Gasteiger partial charge in [0.15, 0.2) is 0 Å². The zero-order valence-corrected chi connectivity index (χ0v) is 12.1. The first kappa shape index (κ1) is 16.1. The molecule has 0 amide bonds. The Kier molecular flexibility index (Phi) is 5.47. The minimum absolute atomic E-state index is 0.592. The number of rotatable bonds is 4. The summed E-state index contributed by atoms with van der Waals surface area (Å²) >= 11 is 0. The fraction of sp³-hybridized carbons (Fsp3) is 0.600. The molecule has 1 aromatic rings. The minimum atomic E-state index is -4.27. The van der Waals surface area contributed by atoms with Gasteiger partial charge < -0.3 is 15.5 Å². The van der Waals surface area contributed by atoms with Gasteiger partial charge in [0.1, 0.15) is 0 Å². The molecule has 1 fully saturated rings. The Balaban J connectivity index is 1.96. The quantitative estimate of drug-likeness (QED) is 0.928. The van der Waals surface area contributed by atoms with Crippen LogP contribution >= 0.6 is 0 Å². The van der Waals surface area contributed by atoms with Crippen molar-refractivity contribution in [2.45, 2.75) is 19.0 Å².